The molecule has 8 nitrogen and oxygen atoms in total. The number of hydrogen-bond acceptors (Lipinski definition) is 6. The number of carboxylic acid groups (broad SMARTS) is 1. The van der Waals surface area contributed by atoms with Crippen LogP contribution in [0.1, 0.15) is 49.7 Å². The lowest BCUT2D eigenvalue weighted by Crippen LogP contribution is -2.44. The molecule has 3 aliphatic rings. The van der Waals surface area contributed by atoms with Gasteiger partial charge in [-0.05, 0) is 73.4 Å². The molecule has 0 atom stereocenters. The molecule has 2 heterocycles. The van der Waals surface area contributed by atoms with Crippen molar-refractivity contribution in [1.82, 2.24) is 9.91 Å². The second kappa shape index (κ2) is 12.1. The van der Waals surface area contributed by atoms with E-state index in [1.165, 1.54) is 12.1 Å². The lowest BCUT2D eigenvalue weighted by molar-refractivity contribution is -0.143. The van der Waals surface area contributed by atoms with Crippen molar-refractivity contribution in [3.8, 4) is 5.75 Å². The summed E-state index contributed by atoms with van der Waals surface area (Å²) in [4.78, 5) is 36.1. The third-order valence-electron chi connectivity index (χ3n) is 8.09. The Morgan fingerprint density at radius 1 is 1.02 bits per heavy atom. The van der Waals surface area contributed by atoms with Gasteiger partial charge in [-0.15, -0.1) is 0 Å². The zero-order valence-corrected chi connectivity index (χ0v) is 22.8. The predicted molar refractivity (Wildman–Crippen MR) is 144 cm³/mol. The summed E-state index contributed by atoms with van der Waals surface area (Å²) in [5.41, 5.74) is 2.37. The van der Waals surface area contributed by atoms with Crippen molar-refractivity contribution in [2.45, 2.75) is 51.5 Å². The highest BCUT2D eigenvalue weighted by Crippen LogP contribution is 2.36. The third-order valence-corrected chi connectivity index (χ3v) is 8.38. The molecular formula is C29H32ClF2N3O5. The number of amides is 2. The number of ether oxygens (including phenoxy) is 1. The molecule has 1 aliphatic carbocycles. The van der Waals surface area contributed by atoms with Gasteiger partial charge in [-0.1, -0.05) is 17.7 Å². The first kappa shape index (κ1) is 28.3. The summed E-state index contributed by atoms with van der Waals surface area (Å²) in [7, 11) is 0. The Morgan fingerprint density at radius 3 is 2.42 bits per heavy atom. The van der Waals surface area contributed by atoms with Gasteiger partial charge in [0.05, 0.1) is 23.2 Å². The maximum absolute atomic E-state index is 15.0. The largest absolute Gasteiger partial charge is 0.489 e. The molecule has 0 radical (unpaired) electrons. The van der Waals surface area contributed by atoms with E-state index in [4.69, 9.17) is 16.3 Å². The molecule has 0 aromatic heterocycles. The number of fused-ring (bicyclic) bond motifs is 1. The summed E-state index contributed by atoms with van der Waals surface area (Å²) in [6.45, 7) is 1.71. The topological polar surface area (TPSA) is 90.4 Å². The number of imide groups is 1. The molecule has 2 amide bonds. The molecule has 0 spiro atoms. The molecule has 2 aromatic rings. The lowest BCUT2D eigenvalue weighted by Gasteiger charge is -2.38. The van der Waals surface area contributed by atoms with Crippen molar-refractivity contribution in [3.63, 3.8) is 0 Å². The number of halogens is 3. The van der Waals surface area contributed by atoms with Gasteiger partial charge in [-0.2, -0.15) is 0 Å². The Morgan fingerprint density at radius 2 is 1.75 bits per heavy atom. The average molecular weight is 576 g/mol. The monoisotopic (exact) mass is 575 g/mol. The third kappa shape index (κ3) is 6.23. The molecule has 1 N–H and O–H groups in total. The number of anilines is 1. The number of nitrogens with zero attached hydrogens (tertiary/aromatic N) is 3. The molecule has 11 heteroatoms. The van der Waals surface area contributed by atoms with Gasteiger partial charge in [0.15, 0.2) is 11.6 Å². The number of hydrogen-bond donors (Lipinski definition) is 1. The van der Waals surface area contributed by atoms with Gasteiger partial charge < -0.3 is 14.9 Å². The summed E-state index contributed by atoms with van der Waals surface area (Å²) in [5.74, 6) is -2.27. The van der Waals surface area contributed by atoms with Crippen molar-refractivity contribution >= 4 is 35.1 Å². The van der Waals surface area contributed by atoms with Crippen molar-refractivity contribution < 1.29 is 33.0 Å². The van der Waals surface area contributed by atoms with Crippen LogP contribution in [0, 0.1) is 23.5 Å². The Labute approximate surface area is 236 Å². The van der Waals surface area contributed by atoms with Crippen molar-refractivity contribution in [2.75, 3.05) is 31.3 Å². The van der Waals surface area contributed by atoms with E-state index in [0.717, 1.165) is 29.0 Å². The quantitative estimate of drug-likeness (QED) is 0.406. The Balaban J connectivity index is 1.29. The van der Waals surface area contributed by atoms with Crippen molar-refractivity contribution in [1.29, 1.82) is 0 Å². The number of carboxylic acids is 1. The smallest absolute Gasteiger partial charge is 0.306 e. The number of carbonyl (C=O) groups excluding carboxylic acids is 2. The molecule has 0 unspecified atom stereocenters. The molecule has 2 aliphatic heterocycles. The highest BCUT2D eigenvalue weighted by atomic mass is 35.5. The molecule has 40 heavy (non-hydrogen) atoms. The molecular weight excluding hydrogens is 544 g/mol. The van der Waals surface area contributed by atoms with Crippen LogP contribution >= 0.6 is 11.6 Å². The molecule has 0 bridgehead atoms. The highest BCUT2D eigenvalue weighted by Gasteiger charge is 2.32. The van der Waals surface area contributed by atoms with E-state index < -0.39 is 17.6 Å². The van der Waals surface area contributed by atoms with Crippen molar-refractivity contribution in [3.05, 3.63) is 58.1 Å². The molecule has 1 saturated carbocycles. The minimum absolute atomic E-state index is 0.000763. The maximum Gasteiger partial charge on any atom is 0.306 e. The fourth-order valence-electron chi connectivity index (χ4n) is 5.89. The molecule has 214 valence electrons. The first-order valence-corrected chi connectivity index (χ1v) is 14.0. The second-order valence-corrected chi connectivity index (χ2v) is 11.1. The molecule has 5 rings (SSSR count). The van der Waals surface area contributed by atoms with E-state index in [1.54, 1.807) is 18.2 Å². The standard InChI is InChI=1S/C29H32ClF2N3O5/c30-22-15-25-21(14-23(22)31)9-10-35(25)33(16-18-1-4-20(5-2-18)29(38)39)17-19-3-6-26(24(32)13-19)40-12-11-34-27(36)7-8-28(34)37/h3,6,13-15,18,20H,1-2,4-5,7-12,16-17H2,(H,38,39). The fourth-order valence-corrected chi connectivity index (χ4v) is 6.04. The summed E-state index contributed by atoms with van der Waals surface area (Å²) in [5, 5.41) is 13.6. The first-order chi connectivity index (χ1) is 19.2. The van der Waals surface area contributed by atoms with E-state index in [2.05, 4.69) is 10.0 Å². The molecule has 2 aromatic carbocycles. The highest BCUT2D eigenvalue weighted by molar-refractivity contribution is 6.31. The molecule has 1 saturated heterocycles. The van der Waals surface area contributed by atoms with Crippen LogP contribution in [0.2, 0.25) is 5.02 Å². The zero-order valence-electron chi connectivity index (χ0n) is 22.1. The van der Waals surface area contributed by atoms with E-state index in [9.17, 15) is 23.9 Å². The van der Waals surface area contributed by atoms with Crippen LogP contribution in [0.4, 0.5) is 14.5 Å². The van der Waals surface area contributed by atoms with E-state index in [0.29, 0.717) is 44.5 Å². The van der Waals surface area contributed by atoms with Crippen LogP contribution in [-0.2, 0) is 27.3 Å². The summed E-state index contributed by atoms with van der Waals surface area (Å²) in [6.07, 6.45) is 3.84. The van der Waals surface area contributed by atoms with Crippen LogP contribution in [0.3, 0.4) is 0 Å². The van der Waals surface area contributed by atoms with E-state index in [-0.39, 0.29) is 60.4 Å². The first-order valence-electron chi connectivity index (χ1n) is 13.7. The van der Waals surface area contributed by atoms with E-state index in [1.807, 2.05) is 0 Å². The van der Waals surface area contributed by atoms with Crippen LogP contribution in [0.15, 0.2) is 30.3 Å². The number of hydrazine groups is 1. The Bertz CT molecular complexity index is 1280. The van der Waals surface area contributed by atoms with Gasteiger partial charge in [0.1, 0.15) is 12.4 Å². The van der Waals surface area contributed by atoms with Crippen LogP contribution in [0.5, 0.6) is 5.75 Å². The van der Waals surface area contributed by atoms with Crippen LogP contribution in [0.25, 0.3) is 0 Å². The summed E-state index contributed by atoms with van der Waals surface area (Å²) in [6, 6.07) is 7.81. The van der Waals surface area contributed by atoms with Gasteiger partial charge in [0.2, 0.25) is 11.8 Å². The van der Waals surface area contributed by atoms with Gasteiger partial charge in [-0.25, -0.2) is 13.8 Å². The Hall–Kier alpha value is -3.24. The summed E-state index contributed by atoms with van der Waals surface area (Å²) >= 11 is 6.12. The average Bonchev–Trinajstić information content (AvgIpc) is 3.47. The van der Waals surface area contributed by atoms with E-state index >= 15 is 4.39 Å². The maximum atomic E-state index is 15.0. The SMILES string of the molecule is O=C(O)C1CCC(CN(Cc2ccc(OCCN3C(=O)CCC3=O)c(F)c2)N2CCc3cc(F)c(Cl)cc32)CC1. The number of aliphatic carboxylic acids is 1. The van der Waals surface area contributed by atoms with Crippen LogP contribution < -0.4 is 9.75 Å². The van der Waals surface area contributed by atoms with Crippen molar-refractivity contribution in [2.24, 2.45) is 11.8 Å². The number of carbonyl (C=O) groups is 3. The van der Waals surface area contributed by atoms with Crippen LogP contribution in [-0.4, -0.2) is 59.0 Å². The van der Waals surface area contributed by atoms with Gasteiger partial charge in [0.25, 0.3) is 0 Å². The van der Waals surface area contributed by atoms with Gasteiger partial charge >= 0.3 is 5.97 Å². The number of likely N-dealkylation sites (tertiary alicyclic amines) is 1. The Kier molecular flexibility index (Phi) is 8.56. The van der Waals surface area contributed by atoms with Gasteiger partial charge in [0, 0.05) is 32.5 Å². The fraction of sp³-hybridized carbons (Fsp3) is 0.483. The zero-order chi connectivity index (χ0) is 28.4. The minimum atomic E-state index is -0.753. The minimum Gasteiger partial charge on any atom is -0.489 e. The number of benzene rings is 2. The predicted octanol–water partition coefficient (Wildman–Crippen LogP) is 4.82. The number of rotatable bonds is 10. The normalized spacial score (nSPS) is 20.9. The molecule has 2 fully saturated rings. The van der Waals surface area contributed by atoms with Gasteiger partial charge in [-0.3, -0.25) is 19.3 Å². The summed E-state index contributed by atoms with van der Waals surface area (Å²) < 4.78 is 34.7. The second-order valence-electron chi connectivity index (χ2n) is 10.7. The lowest BCUT2D eigenvalue weighted by atomic mass is 9.82.